The molecular weight excluding hydrogens is 319 g/mol. The van der Waals surface area contributed by atoms with E-state index < -0.39 is 11.8 Å². The predicted molar refractivity (Wildman–Crippen MR) is 93.8 cm³/mol. The maximum Gasteiger partial charge on any atom is 0.338 e. The molecule has 0 bridgehead atoms. The van der Waals surface area contributed by atoms with Crippen LogP contribution in [0.5, 0.6) is 5.75 Å². The van der Waals surface area contributed by atoms with Crippen LogP contribution in [0.4, 0.5) is 4.39 Å². The molecule has 3 nitrogen and oxygen atoms in total. The summed E-state index contributed by atoms with van der Waals surface area (Å²) in [5.74, 6) is -0.867. The van der Waals surface area contributed by atoms with E-state index in [1.54, 1.807) is 25.1 Å². The molecule has 3 rings (SSSR count). The average Bonchev–Trinajstić information content (AvgIpc) is 2.62. The Labute approximate surface area is 145 Å². The van der Waals surface area contributed by atoms with E-state index in [9.17, 15) is 14.3 Å². The molecule has 0 aliphatic heterocycles. The monoisotopic (exact) mass is 336 g/mol. The van der Waals surface area contributed by atoms with Gasteiger partial charge in [0.05, 0.1) is 5.56 Å². The van der Waals surface area contributed by atoms with Crippen LogP contribution in [-0.2, 0) is 11.3 Å². The second-order valence-corrected chi connectivity index (χ2v) is 5.75. The van der Waals surface area contributed by atoms with E-state index in [4.69, 9.17) is 4.74 Å². The SMILES string of the molecule is Cc1cc(-c2cc(F)ccc2O)ccc1C(=O)OCc1ccccc1. The Morgan fingerprint density at radius 1 is 1.04 bits per heavy atom. The Morgan fingerprint density at radius 3 is 2.52 bits per heavy atom. The zero-order valence-electron chi connectivity index (χ0n) is 13.7. The third-order valence-corrected chi connectivity index (χ3v) is 3.93. The van der Waals surface area contributed by atoms with Crippen molar-refractivity contribution in [3.8, 4) is 16.9 Å². The highest BCUT2D eigenvalue weighted by atomic mass is 19.1. The molecule has 0 unspecified atom stereocenters. The minimum Gasteiger partial charge on any atom is -0.507 e. The quantitative estimate of drug-likeness (QED) is 0.692. The highest BCUT2D eigenvalue weighted by Gasteiger charge is 2.13. The Hall–Kier alpha value is -3.14. The number of rotatable bonds is 4. The number of phenolic OH excluding ortho intramolecular Hbond substituents is 1. The van der Waals surface area contributed by atoms with Gasteiger partial charge in [0.25, 0.3) is 0 Å². The molecule has 3 aromatic rings. The highest BCUT2D eigenvalue weighted by Crippen LogP contribution is 2.31. The van der Waals surface area contributed by atoms with Gasteiger partial charge in [0.1, 0.15) is 18.2 Å². The summed E-state index contributed by atoms with van der Waals surface area (Å²) in [6, 6.07) is 18.2. The van der Waals surface area contributed by atoms with Crippen molar-refractivity contribution in [3.63, 3.8) is 0 Å². The average molecular weight is 336 g/mol. The Bertz CT molecular complexity index is 904. The van der Waals surface area contributed by atoms with Gasteiger partial charge in [-0.15, -0.1) is 0 Å². The summed E-state index contributed by atoms with van der Waals surface area (Å²) in [5.41, 5.74) is 3.06. The summed E-state index contributed by atoms with van der Waals surface area (Å²) in [7, 11) is 0. The number of phenols is 1. The first-order valence-electron chi connectivity index (χ1n) is 7.85. The van der Waals surface area contributed by atoms with Crippen molar-refractivity contribution >= 4 is 5.97 Å². The molecule has 0 saturated heterocycles. The molecule has 0 amide bonds. The fraction of sp³-hybridized carbons (Fsp3) is 0.0952. The normalized spacial score (nSPS) is 10.5. The second-order valence-electron chi connectivity index (χ2n) is 5.75. The van der Waals surface area contributed by atoms with Crippen molar-refractivity contribution in [2.45, 2.75) is 13.5 Å². The lowest BCUT2D eigenvalue weighted by Gasteiger charge is -2.10. The lowest BCUT2D eigenvalue weighted by atomic mass is 9.99. The van der Waals surface area contributed by atoms with Crippen molar-refractivity contribution in [2.24, 2.45) is 0 Å². The largest absolute Gasteiger partial charge is 0.507 e. The maximum absolute atomic E-state index is 13.4. The van der Waals surface area contributed by atoms with Gasteiger partial charge in [-0.2, -0.15) is 0 Å². The van der Waals surface area contributed by atoms with Crippen LogP contribution in [0.15, 0.2) is 66.7 Å². The molecule has 0 atom stereocenters. The van der Waals surface area contributed by atoms with Gasteiger partial charge in [0.2, 0.25) is 0 Å². The number of halogens is 1. The number of aryl methyl sites for hydroxylation is 1. The maximum atomic E-state index is 13.4. The topological polar surface area (TPSA) is 46.5 Å². The van der Waals surface area contributed by atoms with E-state index >= 15 is 0 Å². The van der Waals surface area contributed by atoms with Crippen LogP contribution >= 0.6 is 0 Å². The first kappa shape index (κ1) is 16.7. The second kappa shape index (κ2) is 7.18. The van der Waals surface area contributed by atoms with Crippen molar-refractivity contribution < 1.29 is 19.0 Å². The van der Waals surface area contributed by atoms with Crippen LogP contribution in [0.3, 0.4) is 0 Å². The molecule has 126 valence electrons. The van der Waals surface area contributed by atoms with Gasteiger partial charge in [0, 0.05) is 5.56 Å². The molecule has 0 fully saturated rings. The number of ether oxygens (including phenoxy) is 1. The van der Waals surface area contributed by atoms with Crippen LogP contribution in [0.2, 0.25) is 0 Å². The van der Waals surface area contributed by atoms with E-state index in [-0.39, 0.29) is 12.4 Å². The Morgan fingerprint density at radius 2 is 1.80 bits per heavy atom. The molecule has 0 aliphatic rings. The van der Waals surface area contributed by atoms with Crippen molar-refractivity contribution in [3.05, 3.63) is 89.2 Å². The summed E-state index contributed by atoms with van der Waals surface area (Å²) >= 11 is 0. The lowest BCUT2D eigenvalue weighted by molar-refractivity contribution is 0.0472. The van der Waals surface area contributed by atoms with E-state index in [1.807, 2.05) is 30.3 Å². The van der Waals surface area contributed by atoms with Gasteiger partial charge >= 0.3 is 5.97 Å². The highest BCUT2D eigenvalue weighted by molar-refractivity contribution is 5.92. The van der Waals surface area contributed by atoms with Gasteiger partial charge in [-0.1, -0.05) is 42.5 Å². The van der Waals surface area contributed by atoms with E-state index in [2.05, 4.69) is 0 Å². The Kier molecular flexibility index (Phi) is 4.80. The van der Waals surface area contributed by atoms with Crippen LogP contribution < -0.4 is 0 Å². The number of hydrogen-bond acceptors (Lipinski definition) is 3. The summed E-state index contributed by atoms with van der Waals surface area (Å²) in [6.45, 7) is 1.98. The molecule has 0 spiro atoms. The van der Waals surface area contributed by atoms with Gasteiger partial charge in [-0.25, -0.2) is 9.18 Å². The summed E-state index contributed by atoms with van der Waals surface area (Å²) in [6.07, 6.45) is 0. The first-order chi connectivity index (χ1) is 12.0. The van der Waals surface area contributed by atoms with Crippen molar-refractivity contribution in [2.75, 3.05) is 0 Å². The minimum absolute atomic E-state index is 0.0137. The van der Waals surface area contributed by atoms with Crippen molar-refractivity contribution in [1.82, 2.24) is 0 Å². The minimum atomic E-state index is -0.434. The molecule has 0 radical (unpaired) electrons. The van der Waals surface area contributed by atoms with Gasteiger partial charge < -0.3 is 9.84 Å². The number of benzene rings is 3. The number of esters is 1. The fourth-order valence-electron chi connectivity index (χ4n) is 2.60. The molecule has 0 heterocycles. The Balaban J connectivity index is 1.80. The van der Waals surface area contributed by atoms with E-state index in [0.29, 0.717) is 22.3 Å². The number of carbonyl (C=O) groups is 1. The summed E-state index contributed by atoms with van der Waals surface area (Å²) < 4.78 is 18.8. The van der Waals surface area contributed by atoms with Crippen molar-refractivity contribution in [1.29, 1.82) is 0 Å². The van der Waals surface area contributed by atoms with E-state index in [1.165, 1.54) is 18.2 Å². The molecular formula is C21H17FO3. The first-order valence-corrected chi connectivity index (χ1v) is 7.85. The van der Waals surface area contributed by atoms with Crippen LogP contribution in [0.25, 0.3) is 11.1 Å². The summed E-state index contributed by atoms with van der Waals surface area (Å²) in [4.78, 5) is 12.3. The molecule has 4 heteroatoms. The molecule has 25 heavy (non-hydrogen) atoms. The standard InChI is InChI=1S/C21H17FO3/c1-14-11-16(19-12-17(22)8-10-20(19)23)7-9-18(14)21(24)25-13-15-5-3-2-4-6-15/h2-12,23H,13H2,1H3. The molecule has 0 saturated carbocycles. The number of aromatic hydroxyl groups is 1. The fourth-order valence-corrected chi connectivity index (χ4v) is 2.60. The molecule has 1 N–H and O–H groups in total. The number of hydrogen-bond donors (Lipinski definition) is 1. The number of carbonyl (C=O) groups excluding carboxylic acids is 1. The van der Waals surface area contributed by atoms with Gasteiger partial charge in [-0.05, 0) is 47.9 Å². The van der Waals surface area contributed by atoms with Gasteiger partial charge in [-0.3, -0.25) is 0 Å². The van der Waals surface area contributed by atoms with E-state index in [0.717, 1.165) is 5.56 Å². The van der Waals surface area contributed by atoms with Crippen LogP contribution in [0.1, 0.15) is 21.5 Å². The third-order valence-electron chi connectivity index (χ3n) is 3.93. The summed E-state index contributed by atoms with van der Waals surface area (Å²) in [5, 5.41) is 9.91. The zero-order chi connectivity index (χ0) is 17.8. The van der Waals surface area contributed by atoms with Crippen LogP contribution in [-0.4, -0.2) is 11.1 Å². The smallest absolute Gasteiger partial charge is 0.338 e. The third kappa shape index (κ3) is 3.86. The predicted octanol–water partition coefficient (Wildman–Crippen LogP) is 4.86. The molecule has 0 aromatic heterocycles. The lowest BCUT2D eigenvalue weighted by Crippen LogP contribution is -2.07. The molecule has 0 aliphatic carbocycles. The van der Waals surface area contributed by atoms with Gasteiger partial charge in [0.15, 0.2) is 0 Å². The van der Waals surface area contributed by atoms with Crippen LogP contribution in [0, 0.1) is 12.7 Å². The molecule has 3 aromatic carbocycles. The zero-order valence-corrected chi connectivity index (χ0v) is 13.7.